The van der Waals surface area contributed by atoms with Crippen molar-refractivity contribution in [2.24, 2.45) is 0 Å². The Labute approximate surface area is 159 Å². The summed E-state index contributed by atoms with van der Waals surface area (Å²) < 4.78 is 0. The fourth-order valence-electron chi connectivity index (χ4n) is 1.89. The Morgan fingerprint density at radius 3 is 2.58 bits per heavy atom. The van der Waals surface area contributed by atoms with Gasteiger partial charge in [-0.1, -0.05) is 17.7 Å². The first-order valence-corrected chi connectivity index (χ1v) is 8.94. The molecule has 1 aromatic carbocycles. The minimum atomic E-state index is -1.02. The van der Waals surface area contributed by atoms with E-state index in [4.69, 9.17) is 16.7 Å². The molecule has 1 heterocycles. The predicted molar refractivity (Wildman–Crippen MR) is 101 cm³/mol. The molecular weight excluding hydrogens is 378 g/mol. The number of aliphatic carboxylic acids is 1. The minimum absolute atomic E-state index is 0.0940. The number of benzene rings is 1. The lowest BCUT2D eigenvalue weighted by Crippen LogP contribution is -2.15. The van der Waals surface area contributed by atoms with Gasteiger partial charge in [0.2, 0.25) is 11.8 Å². The highest BCUT2D eigenvalue weighted by atomic mass is 35.5. The number of pyridine rings is 1. The quantitative estimate of drug-likeness (QED) is 0.594. The Bertz CT molecular complexity index is 799. The normalized spacial score (nSPS) is 10.2. The summed E-state index contributed by atoms with van der Waals surface area (Å²) in [4.78, 5) is 38.9. The molecular formula is C17H16ClN3O4S. The average molecular weight is 394 g/mol. The Morgan fingerprint density at radius 2 is 1.88 bits per heavy atom. The number of thioether (sulfide) groups is 1. The van der Waals surface area contributed by atoms with Crippen molar-refractivity contribution in [3.8, 4) is 0 Å². The van der Waals surface area contributed by atoms with Crippen LogP contribution in [-0.2, 0) is 14.4 Å². The van der Waals surface area contributed by atoms with Crippen molar-refractivity contribution >= 4 is 52.7 Å². The molecule has 0 aliphatic rings. The maximum atomic E-state index is 12.0. The highest BCUT2D eigenvalue weighted by molar-refractivity contribution is 8.00. The maximum absolute atomic E-state index is 12.0. The maximum Gasteiger partial charge on any atom is 0.303 e. The number of carbonyl (C=O) groups is 3. The lowest BCUT2D eigenvalue weighted by atomic mass is 10.2. The van der Waals surface area contributed by atoms with Crippen molar-refractivity contribution in [3.63, 3.8) is 0 Å². The molecule has 2 rings (SSSR count). The van der Waals surface area contributed by atoms with Crippen molar-refractivity contribution < 1.29 is 19.5 Å². The number of anilines is 2. The Hall–Kier alpha value is -2.58. The molecule has 0 aliphatic carbocycles. The molecule has 0 unspecified atom stereocenters. The summed E-state index contributed by atoms with van der Waals surface area (Å²) in [7, 11) is 0. The number of hydrogen-bond donors (Lipinski definition) is 3. The summed E-state index contributed by atoms with van der Waals surface area (Å²) in [6, 6.07) is 10.2. The van der Waals surface area contributed by atoms with Crippen LogP contribution in [0, 0.1) is 0 Å². The lowest BCUT2D eigenvalue weighted by molar-refractivity contribution is -0.138. The first-order chi connectivity index (χ1) is 12.4. The van der Waals surface area contributed by atoms with Gasteiger partial charge in [0, 0.05) is 23.2 Å². The van der Waals surface area contributed by atoms with Crippen LogP contribution >= 0.6 is 23.4 Å². The second-order valence-corrected chi connectivity index (χ2v) is 6.65. The molecule has 136 valence electrons. The van der Waals surface area contributed by atoms with Crippen LogP contribution in [-0.4, -0.2) is 33.6 Å². The molecule has 0 atom stereocenters. The van der Waals surface area contributed by atoms with Gasteiger partial charge in [-0.3, -0.25) is 14.4 Å². The molecule has 0 radical (unpaired) electrons. The summed E-state index contributed by atoms with van der Waals surface area (Å²) in [5.41, 5.74) is 0.546. The number of nitrogens with one attached hydrogen (secondary N) is 2. The van der Waals surface area contributed by atoms with Gasteiger partial charge < -0.3 is 15.7 Å². The standard InChI is InChI=1S/C17H16ClN3O4S/c18-11-4-5-14(19-9-11)21-16(23)10-26-13-3-1-2-12(8-13)20-15(22)6-7-17(24)25/h1-5,8-9H,6-7,10H2,(H,20,22)(H,24,25)(H,19,21,23). The summed E-state index contributed by atoms with van der Waals surface area (Å²) in [6.45, 7) is 0. The second kappa shape index (κ2) is 9.79. The highest BCUT2D eigenvalue weighted by Crippen LogP contribution is 2.22. The van der Waals surface area contributed by atoms with Gasteiger partial charge in [0.15, 0.2) is 0 Å². The van der Waals surface area contributed by atoms with E-state index in [9.17, 15) is 14.4 Å². The molecule has 7 nitrogen and oxygen atoms in total. The smallest absolute Gasteiger partial charge is 0.303 e. The van der Waals surface area contributed by atoms with Crippen LogP contribution in [0.25, 0.3) is 0 Å². The van der Waals surface area contributed by atoms with Crippen LogP contribution < -0.4 is 10.6 Å². The van der Waals surface area contributed by atoms with E-state index in [2.05, 4.69) is 15.6 Å². The van der Waals surface area contributed by atoms with Crippen molar-refractivity contribution in [3.05, 3.63) is 47.6 Å². The van der Waals surface area contributed by atoms with Crippen LogP contribution in [0.15, 0.2) is 47.5 Å². The van der Waals surface area contributed by atoms with Gasteiger partial charge in [0.25, 0.3) is 0 Å². The fourth-order valence-corrected chi connectivity index (χ4v) is 2.75. The van der Waals surface area contributed by atoms with Crippen LogP contribution in [0.3, 0.4) is 0 Å². The number of aromatic nitrogens is 1. The van der Waals surface area contributed by atoms with Crippen LogP contribution in [0.2, 0.25) is 5.02 Å². The number of nitrogens with zero attached hydrogens (tertiary/aromatic N) is 1. The summed E-state index contributed by atoms with van der Waals surface area (Å²) in [6.07, 6.45) is 1.13. The van der Waals surface area contributed by atoms with Crippen LogP contribution in [0.5, 0.6) is 0 Å². The van der Waals surface area contributed by atoms with Gasteiger partial charge in [0.1, 0.15) is 5.82 Å². The number of carboxylic acids is 1. The first-order valence-electron chi connectivity index (χ1n) is 7.58. The van der Waals surface area contributed by atoms with E-state index >= 15 is 0 Å². The average Bonchev–Trinajstić information content (AvgIpc) is 2.60. The zero-order valence-corrected chi connectivity index (χ0v) is 15.1. The van der Waals surface area contributed by atoms with Gasteiger partial charge in [-0.25, -0.2) is 4.98 Å². The molecule has 0 saturated carbocycles. The predicted octanol–water partition coefficient (Wildman–Crippen LogP) is 3.27. The third-order valence-corrected chi connectivity index (χ3v) is 4.27. The van der Waals surface area contributed by atoms with Gasteiger partial charge in [-0.05, 0) is 30.3 Å². The Kier molecular flexibility index (Phi) is 7.43. The Morgan fingerprint density at radius 1 is 1.08 bits per heavy atom. The number of carbonyl (C=O) groups excluding carboxylic acids is 2. The van der Waals surface area contributed by atoms with Crippen LogP contribution in [0.1, 0.15) is 12.8 Å². The number of carboxylic acid groups (broad SMARTS) is 1. The van der Waals surface area contributed by atoms with Gasteiger partial charge in [0.05, 0.1) is 17.2 Å². The summed E-state index contributed by atoms with van der Waals surface area (Å²) >= 11 is 7.04. The molecule has 0 saturated heterocycles. The summed E-state index contributed by atoms with van der Waals surface area (Å²) in [5.74, 6) is -1.03. The van der Waals surface area contributed by atoms with Crippen molar-refractivity contribution in [2.45, 2.75) is 17.7 Å². The molecule has 2 amide bonds. The first kappa shape index (κ1) is 19.7. The highest BCUT2D eigenvalue weighted by Gasteiger charge is 2.08. The van der Waals surface area contributed by atoms with E-state index in [-0.39, 0.29) is 30.4 Å². The van der Waals surface area contributed by atoms with E-state index in [1.807, 2.05) is 6.07 Å². The molecule has 1 aromatic heterocycles. The number of amides is 2. The molecule has 0 aliphatic heterocycles. The SMILES string of the molecule is O=C(O)CCC(=O)Nc1cccc(SCC(=O)Nc2ccc(Cl)cn2)c1. The number of rotatable bonds is 8. The van der Waals surface area contributed by atoms with Crippen molar-refractivity contribution in [2.75, 3.05) is 16.4 Å². The largest absolute Gasteiger partial charge is 0.481 e. The molecule has 0 bridgehead atoms. The molecule has 26 heavy (non-hydrogen) atoms. The van der Waals surface area contributed by atoms with E-state index in [0.29, 0.717) is 16.5 Å². The fraction of sp³-hybridized carbons (Fsp3) is 0.176. The van der Waals surface area contributed by atoms with Gasteiger partial charge >= 0.3 is 5.97 Å². The number of hydrogen-bond acceptors (Lipinski definition) is 5. The van der Waals surface area contributed by atoms with E-state index < -0.39 is 5.97 Å². The molecule has 0 fully saturated rings. The topological polar surface area (TPSA) is 108 Å². The third-order valence-electron chi connectivity index (χ3n) is 3.05. The third kappa shape index (κ3) is 7.12. The molecule has 3 N–H and O–H groups in total. The molecule has 9 heteroatoms. The molecule has 0 spiro atoms. The van der Waals surface area contributed by atoms with Gasteiger partial charge in [-0.2, -0.15) is 0 Å². The van der Waals surface area contributed by atoms with Crippen molar-refractivity contribution in [1.29, 1.82) is 0 Å². The van der Waals surface area contributed by atoms with Gasteiger partial charge in [-0.15, -0.1) is 11.8 Å². The second-order valence-electron chi connectivity index (χ2n) is 5.17. The zero-order valence-electron chi connectivity index (χ0n) is 13.6. The minimum Gasteiger partial charge on any atom is -0.481 e. The Balaban J connectivity index is 1.83. The van der Waals surface area contributed by atoms with E-state index in [1.165, 1.54) is 18.0 Å². The summed E-state index contributed by atoms with van der Waals surface area (Å²) in [5, 5.41) is 14.4. The van der Waals surface area contributed by atoms with E-state index in [1.54, 1.807) is 30.3 Å². The van der Waals surface area contributed by atoms with Crippen molar-refractivity contribution in [1.82, 2.24) is 4.98 Å². The lowest BCUT2D eigenvalue weighted by Gasteiger charge is -2.07. The van der Waals surface area contributed by atoms with Crippen LogP contribution in [0.4, 0.5) is 11.5 Å². The number of halogens is 1. The van der Waals surface area contributed by atoms with E-state index in [0.717, 1.165) is 4.90 Å². The molecule has 2 aromatic rings. The zero-order chi connectivity index (χ0) is 18.9. The monoisotopic (exact) mass is 393 g/mol.